The molecular formula is C12H16N2O. The average molecular weight is 204 g/mol. The van der Waals surface area contributed by atoms with Gasteiger partial charge in [-0.15, -0.1) is 0 Å². The Balaban J connectivity index is 1.98. The van der Waals surface area contributed by atoms with Crippen molar-refractivity contribution < 1.29 is 4.79 Å². The van der Waals surface area contributed by atoms with Gasteiger partial charge in [0.15, 0.2) is 0 Å². The summed E-state index contributed by atoms with van der Waals surface area (Å²) in [4.78, 5) is 13.5. The fraction of sp³-hybridized carbons (Fsp3) is 0.417. The lowest BCUT2D eigenvalue weighted by molar-refractivity contribution is 0.198. The van der Waals surface area contributed by atoms with Gasteiger partial charge in [-0.05, 0) is 17.5 Å². The molecule has 2 rings (SSSR count). The molecule has 0 radical (unpaired) electrons. The van der Waals surface area contributed by atoms with Crippen molar-refractivity contribution in [3.05, 3.63) is 35.4 Å². The number of hydrogen-bond acceptors (Lipinski definition) is 1. The molecule has 1 N–H and O–H groups in total. The first-order valence-corrected chi connectivity index (χ1v) is 5.41. The molecule has 0 unspecified atom stereocenters. The third-order valence-electron chi connectivity index (χ3n) is 2.65. The second-order valence-corrected chi connectivity index (χ2v) is 3.86. The summed E-state index contributed by atoms with van der Waals surface area (Å²) in [5.41, 5.74) is 2.54. The second kappa shape index (κ2) is 4.34. The molecule has 0 spiro atoms. The Morgan fingerprint density at radius 3 is 2.47 bits per heavy atom. The maximum atomic E-state index is 11.7. The summed E-state index contributed by atoms with van der Waals surface area (Å²) in [5.74, 6) is 0. The van der Waals surface area contributed by atoms with Crippen LogP contribution in [-0.4, -0.2) is 17.5 Å². The molecule has 0 bridgehead atoms. The van der Waals surface area contributed by atoms with Crippen LogP contribution in [0.25, 0.3) is 0 Å². The van der Waals surface area contributed by atoms with Gasteiger partial charge in [-0.25, -0.2) is 4.79 Å². The zero-order valence-corrected chi connectivity index (χ0v) is 8.99. The van der Waals surface area contributed by atoms with Gasteiger partial charge in [-0.2, -0.15) is 0 Å². The Morgan fingerprint density at radius 2 is 1.93 bits per heavy atom. The van der Waals surface area contributed by atoms with E-state index >= 15 is 0 Å². The normalized spacial score (nSPS) is 13.8. The molecule has 0 aromatic heterocycles. The molecule has 80 valence electrons. The van der Waals surface area contributed by atoms with Gasteiger partial charge in [-0.1, -0.05) is 31.2 Å². The molecule has 1 aliphatic heterocycles. The second-order valence-electron chi connectivity index (χ2n) is 3.86. The van der Waals surface area contributed by atoms with Crippen molar-refractivity contribution in [2.24, 2.45) is 0 Å². The van der Waals surface area contributed by atoms with Crippen LogP contribution in [-0.2, 0) is 13.1 Å². The van der Waals surface area contributed by atoms with Crippen LogP contribution in [0, 0.1) is 0 Å². The van der Waals surface area contributed by atoms with Crippen LogP contribution in [0.3, 0.4) is 0 Å². The topological polar surface area (TPSA) is 32.3 Å². The van der Waals surface area contributed by atoms with Crippen molar-refractivity contribution in [3.63, 3.8) is 0 Å². The molecule has 1 aromatic carbocycles. The van der Waals surface area contributed by atoms with Gasteiger partial charge in [0.05, 0.1) is 0 Å². The third-order valence-corrected chi connectivity index (χ3v) is 2.65. The largest absolute Gasteiger partial charge is 0.338 e. The Morgan fingerprint density at radius 1 is 1.33 bits per heavy atom. The van der Waals surface area contributed by atoms with Gasteiger partial charge in [-0.3, -0.25) is 0 Å². The summed E-state index contributed by atoms with van der Waals surface area (Å²) in [6.07, 6.45) is 0.979. The number of nitrogens with zero attached hydrogens (tertiary/aromatic N) is 1. The molecule has 1 heterocycles. The highest BCUT2D eigenvalue weighted by Crippen LogP contribution is 2.21. The standard InChI is InChI=1S/C12H16N2O/c1-2-7-13-12(15)14-8-10-5-3-4-6-11(10)9-14/h3-6H,2,7-9H2,1H3,(H,13,15). The summed E-state index contributed by atoms with van der Waals surface area (Å²) in [6.45, 7) is 4.29. The smallest absolute Gasteiger partial charge is 0.318 e. The molecule has 3 heteroatoms. The number of fused-ring (bicyclic) bond motifs is 1. The van der Waals surface area contributed by atoms with Crippen LogP contribution in [0.4, 0.5) is 4.79 Å². The van der Waals surface area contributed by atoms with E-state index in [1.807, 2.05) is 17.0 Å². The van der Waals surface area contributed by atoms with Crippen LogP contribution >= 0.6 is 0 Å². The number of amides is 2. The molecular weight excluding hydrogens is 188 g/mol. The van der Waals surface area contributed by atoms with Crippen molar-refractivity contribution in [2.45, 2.75) is 26.4 Å². The summed E-state index contributed by atoms with van der Waals surface area (Å²) in [6, 6.07) is 8.26. The van der Waals surface area contributed by atoms with E-state index in [2.05, 4.69) is 24.4 Å². The Kier molecular flexibility index (Phi) is 2.90. The molecule has 0 saturated carbocycles. The van der Waals surface area contributed by atoms with Crippen LogP contribution in [0.15, 0.2) is 24.3 Å². The third kappa shape index (κ3) is 2.12. The van der Waals surface area contributed by atoms with Gasteiger partial charge in [0.25, 0.3) is 0 Å². The van der Waals surface area contributed by atoms with Gasteiger partial charge < -0.3 is 10.2 Å². The lowest BCUT2D eigenvalue weighted by Crippen LogP contribution is -2.36. The zero-order valence-electron chi connectivity index (χ0n) is 8.99. The first-order chi connectivity index (χ1) is 7.31. The van der Waals surface area contributed by atoms with Crippen LogP contribution in [0.5, 0.6) is 0 Å². The summed E-state index contributed by atoms with van der Waals surface area (Å²) in [5, 5.41) is 2.90. The number of benzene rings is 1. The van der Waals surface area contributed by atoms with E-state index in [9.17, 15) is 4.79 Å². The monoisotopic (exact) mass is 204 g/mol. The minimum Gasteiger partial charge on any atom is -0.338 e. The lowest BCUT2D eigenvalue weighted by atomic mass is 10.1. The molecule has 1 aromatic rings. The molecule has 0 fully saturated rings. The highest BCUT2D eigenvalue weighted by Gasteiger charge is 2.21. The van der Waals surface area contributed by atoms with Crippen LogP contribution in [0.2, 0.25) is 0 Å². The van der Waals surface area contributed by atoms with E-state index in [0.717, 1.165) is 26.1 Å². The maximum absolute atomic E-state index is 11.7. The van der Waals surface area contributed by atoms with E-state index in [1.54, 1.807) is 0 Å². The number of nitrogens with one attached hydrogen (secondary N) is 1. The fourth-order valence-electron chi connectivity index (χ4n) is 1.82. The number of carbonyl (C=O) groups is 1. The van der Waals surface area contributed by atoms with E-state index in [-0.39, 0.29) is 6.03 Å². The minimum absolute atomic E-state index is 0.0491. The van der Waals surface area contributed by atoms with Crippen molar-refractivity contribution in [1.82, 2.24) is 10.2 Å². The first kappa shape index (κ1) is 10.0. The van der Waals surface area contributed by atoms with Crippen molar-refractivity contribution in [2.75, 3.05) is 6.54 Å². The molecule has 1 aliphatic rings. The Bertz CT molecular complexity index is 337. The van der Waals surface area contributed by atoms with Gasteiger partial charge in [0.1, 0.15) is 0 Å². The van der Waals surface area contributed by atoms with Crippen molar-refractivity contribution in [3.8, 4) is 0 Å². The summed E-state index contributed by atoms with van der Waals surface area (Å²) in [7, 11) is 0. The van der Waals surface area contributed by atoms with E-state index in [4.69, 9.17) is 0 Å². The molecule has 3 nitrogen and oxygen atoms in total. The Labute approximate surface area is 90.1 Å². The SMILES string of the molecule is CCCNC(=O)N1Cc2ccccc2C1. The molecule has 2 amide bonds. The summed E-state index contributed by atoms with van der Waals surface area (Å²) < 4.78 is 0. The first-order valence-electron chi connectivity index (χ1n) is 5.41. The summed E-state index contributed by atoms with van der Waals surface area (Å²) >= 11 is 0. The quantitative estimate of drug-likeness (QED) is 0.786. The highest BCUT2D eigenvalue weighted by atomic mass is 16.2. The van der Waals surface area contributed by atoms with Crippen molar-refractivity contribution in [1.29, 1.82) is 0 Å². The van der Waals surface area contributed by atoms with E-state index in [1.165, 1.54) is 11.1 Å². The molecule has 15 heavy (non-hydrogen) atoms. The highest BCUT2D eigenvalue weighted by molar-refractivity contribution is 5.75. The van der Waals surface area contributed by atoms with Gasteiger partial charge in [0.2, 0.25) is 0 Å². The number of carbonyl (C=O) groups excluding carboxylic acids is 1. The van der Waals surface area contributed by atoms with E-state index in [0.29, 0.717) is 0 Å². The number of urea groups is 1. The van der Waals surface area contributed by atoms with Crippen molar-refractivity contribution >= 4 is 6.03 Å². The van der Waals surface area contributed by atoms with Gasteiger partial charge >= 0.3 is 6.03 Å². The minimum atomic E-state index is 0.0491. The number of rotatable bonds is 2. The van der Waals surface area contributed by atoms with Gasteiger partial charge in [0, 0.05) is 19.6 Å². The Hall–Kier alpha value is -1.51. The predicted molar refractivity (Wildman–Crippen MR) is 59.4 cm³/mol. The lowest BCUT2D eigenvalue weighted by Gasteiger charge is -2.15. The molecule has 0 saturated heterocycles. The molecule has 0 atom stereocenters. The maximum Gasteiger partial charge on any atom is 0.318 e. The van der Waals surface area contributed by atoms with Crippen LogP contribution in [0.1, 0.15) is 24.5 Å². The average Bonchev–Trinajstić information content (AvgIpc) is 2.69. The zero-order chi connectivity index (χ0) is 10.7. The van der Waals surface area contributed by atoms with Crippen LogP contribution < -0.4 is 5.32 Å². The number of hydrogen-bond donors (Lipinski definition) is 1. The predicted octanol–water partition coefficient (Wildman–Crippen LogP) is 2.12. The fourth-order valence-corrected chi connectivity index (χ4v) is 1.82. The van der Waals surface area contributed by atoms with E-state index < -0.39 is 0 Å². The molecule has 0 aliphatic carbocycles.